The van der Waals surface area contributed by atoms with E-state index in [0.717, 1.165) is 18.9 Å². The van der Waals surface area contributed by atoms with Gasteiger partial charge in [-0.1, -0.05) is 29.3 Å². The number of hydrogen-bond donors (Lipinski definition) is 2. The molecule has 1 saturated carbocycles. The number of H-pyrrole nitrogens is 1. The van der Waals surface area contributed by atoms with Gasteiger partial charge in [-0.3, -0.25) is 4.90 Å². The first-order valence-corrected chi connectivity index (χ1v) is 17.6. The molecule has 1 aromatic heterocycles. The van der Waals surface area contributed by atoms with Crippen molar-refractivity contribution in [3.63, 3.8) is 0 Å². The maximum atomic E-state index is 13.6. The summed E-state index contributed by atoms with van der Waals surface area (Å²) in [7, 11) is -2.94. The molecule has 18 heteroatoms. The maximum Gasteiger partial charge on any atom is 0.387 e. The Morgan fingerprint density at radius 2 is 1.64 bits per heavy atom. The van der Waals surface area contributed by atoms with Crippen molar-refractivity contribution in [2.24, 2.45) is 5.92 Å². The normalized spacial score (nSPS) is 13.5. The Labute approximate surface area is 298 Å². The molecule has 0 amide bonds. The molecule has 50 heavy (non-hydrogen) atoms. The Bertz CT molecular complexity index is 1660. The van der Waals surface area contributed by atoms with Crippen molar-refractivity contribution in [3.8, 4) is 23.0 Å². The Morgan fingerprint density at radius 1 is 0.980 bits per heavy atom. The second-order valence-corrected chi connectivity index (χ2v) is 13.6. The summed E-state index contributed by atoms with van der Waals surface area (Å²) in [6, 6.07) is 8.02. The van der Waals surface area contributed by atoms with E-state index in [1.165, 1.54) is 49.8 Å². The number of ether oxygens (including phenoxy) is 4. The molecule has 0 radical (unpaired) electrons. The number of pyridine rings is 1. The van der Waals surface area contributed by atoms with Gasteiger partial charge in [0, 0.05) is 37.7 Å². The van der Waals surface area contributed by atoms with Crippen molar-refractivity contribution in [3.05, 3.63) is 75.5 Å². The van der Waals surface area contributed by atoms with Gasteiger partial charge in [0.2, 0.25) is 0 Å². The monoisotopic (exact) mass is 766 g/mol. The lowest BCUT2D eigenvalue weighted by atomic mass is 10.0. The van der Waals surface area contributed by atoms with Crippen molar-refractivity contribution in [1.82, 2.24) is 4.90 Å². The van der Waals surface area contributed by atoms with Crippen LogP contribution in [0.2, 0.25) is 10.0 Å². The lowest BCUT2D eigenvalue weighted by Crippen LogP contribution is -2.35. The summed E-state index contributed by atoms with van der Waals surface area (Å²) in [6.07, 6.45) is 3.76. The second kappa shape index (κ2) is 19.2. The molecule has 0 aliphatic heterocycles. The van der Waals surface area contributed by atoms with Gasteiger partial charge < -0.3 is 38.8 Å². The van der Waals surface area contributed by atoms with Crippen molar-refractivity contribution >= 4 is 39.3 Å². The fourth-order valence-corrected chi connectivity index (χ4v) is 6.21. The largest absolute Gasteiger partial charge is 0.870 e. The number of methoxy groups -OCH3 is 1. The molecular formula is C32H38Cl2F2N2O11S. The molecule has 2 aromatic carbocycles. The van der Waals surface area contributed by atoms with Gasteiger partial charge in [-0.05, 0) is 48.6 Å². The van der Waals surface area contributed by atoms with Gasteiger partial charge in [0.15, 0.2) is 35.4 Å². The van der Waals surface area contributed by atoms with E-state index in [1.807, 2.05) is 0 Å². The summed E-state index contributed by atoms with van der Waals surface area (Å²) < 4.78 is 79.1. The van der Waals surface area contributed by atoms with E-state index < -0.39 is 34.6 Å². The van der Waals surface area contributed by atoms with Crippen LogP contribution in [0.15, 0.2) is 48.8 Å². The topological polar surface area (TPSA) is 185 Å². The van der Waals surface area contributed by atoms with E-state index >= 15 is 0 Å². The minimum Gasteiger partial charge on any atom is -0.870 e. The molecule has 3 aromatic rings. The van der Waals surface area contributed by atoms with Crippen LogP contribution in [0, 0.1) is 5.92 Å². The third kappa shape index (κ3) is 12.1. The lowest BCUT2D eigenvalue weighted by Gasteiger charge is -2.22. The highest BCUT2D eigenvalue weighted by Gasteiger charge is 2.27. The van der Waals surface area contributed by atoms with Crippen LogP contribution in [0.5, 0.6) is 23.0 Å². The zero-order valence-corrected chi connectivity index (χ0v) is 29.2. The number of aliphatic hydroxyl groups is 2. The molecule has 276 valence electrons. The van der Waals surface area contributed by atoms with Gasteiger partial charge in [0.25, 0.3) is 0 Å². The van der Waals surface area contributed by atoms with E-state index in [9.17, 15) is 32.2 Å². The number of aromatic nitrogens is 1. The first-order chi connectivity index (χ1) is 23.4. The number of hydrogen-bond acceptors (Lipinski definition) is 12. The van der Waals surface area contributed by atoms with Crippen LogP contribution in [0.3, 0.4) is 0 Å². The van der Waals surface area contributed by atoms with E-state index in [-0.39, 0.29) is 90.0 Å². The summed E-state index contributed by atoms with van der Waals surface area (Å²) in [5.41, 5.74) is 0.678. The molecule has 0 saturated heterocycles. The number of alkyl halides is 2. The molecule has 0 unspecified atom stereocenters. The van der Waals surface area contributed by atoms with Crippen LogP contribution in [0.4, 0.5) is 8.78 Å². The number of nitrogens with zero attached hydrogens (tertiary/aromatic N) is 1. The number of aromatic amines is 1. The number of rotatable bonds is 20. The Morgan fingerprint density at radius 3 is 2.24 bits per heavy atom. The molecule has 13 nitrogen and oxygen atoms in total. The third-order valence-corrected chi connectivity index (χ3v) is 9.26. The molecule has 4 N–H and O–H groups in total. The van der Waals surface area contributed by atoms with Gasteiger partial charge >= 0.3 is 22.7 Å². The van der Waals surface area contributed by atoms with Gasteiger partial charge in [0.1, 0.15) is 16.1 Å². The molecular weight excluding hydrogens is 729 g/mol. The molecule has 1 fully saturated rings. The van der Waals surface area contributed by atoms with Crippen LogP contribution in [-0.2, 0) is 21.3 Å². The number of benzene rings is 2. The van der Waals surface area contributed by atoms with Gasteiger partial charge in [0.05, 0.1) is 38.2 Å². The van der Waals surface area contributed by atoms with Crippen molar-refractivity contribution in [2.75, 3.05) is 52.3 Å². The zero-order chi connectivity index (χ0) is 35.6. The minimum absolute atomic E-state index is 0. The number of carbonyl (C=O) groups is 1. The average Bonchev–Trinajstić information content (AvgIpc) is 3.89. The molecule has 1 aliphatic carbocycles. The van der Waals surface area contributed by atoms with Gasteiger partial charge in [-0.15, -0.1) is 0 Å². The summed E-state index contributed by atoms with van der Waals surface area (Å²) in [5.74, 6) is -1.50. The summed E-state index contributed by atoms with van der Waals surface area (Å²) in [5, 5.41) is 18.9. The number of nitrogens with one attached hydrogen (secondary N) is 1. The molecule has 0 spiro atoms. The first kappa shape index (κ1) is 40.9. The van der Waals surface area contributed by atoms with E-state index in [1.54, 1.807) is 4.90 Å². The molecule has 4 rings (SSSR count). The Balaban J connectivity index is 0.00000676. The van der Waals surface area contributed by atoms with Crippen molar-refractivity contribution in [1.29, 1.82) is 0 Å². The van der Waals surface area contributed by atoms with E-state index in [0.29, 0.717) is 17.0 Å². The number of esters is 1. The summed E-state index contributed by atoms with van der Waals surface area (Å²) in [6.45, 7) is -3.02. The molecule has 1 heterocycles. The predicted octanol–water partition coefficient (Wildman–Crippen LogP) is 4.17. The number of aliphatic hydroxyl groups excluding tert-OH is 2. The summed E-state index contributed by atoms with van der Waals surface area (Å²) >= 11 is 12.8. The fraction of sp³-hybridized carbons (Fsp3) is 0.438. The standard InChI is InChI=1S/C32H36Cl2F2N2O10S.H2O/c1-44-26-6-5-22(15-30(26)48-49(42,43)13-10-38(8-11-39)9-12-40)31(41)46-28(16-23-24(33)17-37-18-25(23)34)21-4-7-27(47-32(35)36)29(14-21)45-19-20-2-3-20;/h4-7,14-15,17-18,20,28,32,39-40H,2-3,8-13,16,19H2,1H3;1H2/t28-;/m0./s1. The van der Waals surface area contributed by atoms with E-state index in [4.69, 9.17) is 41.6 Å². The smallest absolute Gasteiger partial charge is 0.387 e. The van der Waals surface area contributed by atoms with Crippen molar-refractivity contribution in [2.45, 2.75) is 32.0 Å². The molecule has 1 atom stereocenters. The minimum atomic E-state index is -4.23. The highest BCUT2D eigenvalue weighted by Crippen LogP contribution is 2.38. The Hall–Kier alpha value is -3.51. The maximum absolute atomic E-state index is 13.6. The molecule has 0 bridgehead atoms. The van der Waals surface area contributed by atoms with Gasteiger partial charge in [-0.25, -0.2) is 9.78 Å². The second-order valence-electron chi connectivity index (χ2n) is 11.1. The zero-order valence-electron chi connectivity index (χ0n) is 26.9. The first-order valence-electron chi connectivity index (χ1n) is 15.2. The SMILES string of the molecule is COc1ccc(C(=O)O[C@@H](Cc2c(Cl)c[nH+]cc2Cl)c2ccc(OC(F)F)c(OCC3CC3)c2)cc1OS(=O)(=O)CCN(CCO)CCO.[OH-]. The van der Waals surface area contributed by atoms with Crippen LogP contribution in [0.25, 0.3) is 0 Å². The number of carbonyl (C=O) groups excluding carboxylic acids is 1. The van der Waals surface area contributed by atoms with Gasteiger partial charge in [-0.2, -0.15) is 17.2 Å². The summed E-state index contributed by atoms with van der Waals surface area (Å²) in [4.78, 5) is 18.0. The predicted molar refractivity (Wildman–Crippen MR) is 176 cm³/mol. The average molecular weight is 768 g/mol. The van der Waals surface area contributed by atoms with Crippen LogP contribution in [-0.4, -0.2) is 93.9 Å². The highest BCUT2D eigenvalue weighted by atomic mass is 35.5. The lowest BCUT2D eigenvalue weighted by molar-refractivity contribution is -0.377. The quantitative estimate of drug-likeness (QED) is 0.124. The number of halogens is 4. The van der Waals surface area contributed by atoms with Crippen molar-refractivity contribution < 1.29 is 65.8 Å². The Kier molecular flexibility index (Phi) is 15.7. The van der Waals surface area contributed by atoms with Crippen LogP contribution in [0.1, 0.15) is 40.4 Å². The van der Waals surface area contributed by atoms with Crippen LogP contribution < -0.4 is 23.4 Å². The van der Waals surface area contributed by atoms with E-state index in [2.05, 4.69) is 9.72 Å². The molecule has 1 aliphatic rings. The highest BCUT2D eigenvalue weighted by molar-refractivity contribution is 7.87. The fourth-order valence-electron chi connectivity index (χ4n) is 4.71. The van der Waals surface area contributed by atoms with Crippen LogP contribution >= 0.6 is 23.2 Å². The third-order valence-electron chi connectivity index (χ3n) is 7.47.